The van der Waals surface area contributed by atoms with Gasteiger partial charge in [-0.15, -0.1) is 0 Å². The Kier molecular flexibility index (Phi) is 4.89. The number of aromatic nitrogens is 4. The fourth-order valence-electron chi connectivity index (χ4n) is 2.28. The Balaban J connectivity index is 1.76. The third kappa shape index (κ3) is 4.11. The Morgan fingerprint density at radius 1 is 1.32 bits per heavy atom. The van der Waals surface area contributed by atoms with Crippen LogP contribution in [0.25, 0.3) is 0 Å². The zero-order valence-electron chi connectivity index (χ0n) is 14.0. The van der Waals surface area contributed by atoms with E-state index in [2.05, 4.69) is 25.7 Å². The van der Waals surface area contributed by atoms with Gasteiger partial charge in [-0.1, -0.05) is 12.1 Å². The van der Waals surface area contributed by atoms with Gasteiger partial charge in [0.2, 0.25) is 5.95 Å². The van der Waals surface area contributed by atoms with Crippen LogP contribution in [0.4, 0.5) is 17.5 Å². The maximum Gasteiger partial charge on any atom is 0.229 e. The molecule has 0 aliphatic rings. The minimum atomic E-state index is 0.437. The normalized spacial score (nSPS) is 10.3. The second kappa shape index (κ2) is 7.43. The highest BCUT2D eigenvalue weighted by Gasteiger charge is 2.07. The smallest absolute Gasteiger partial charge is 0.229 e. The van der Waals surface area contributed by atoms with Gasteiger partial charge >= 0.3 is 0 Å². The van der Waals surface area contributed by atoms with Crippen molar-refractivity contribution in [3.63, 3.8) is 0 Å². The van der Waals surface area contributed by atoms with Gasteiger partial charge in [0.15, 0.2) is 0 Å². The van der Waals surface area contributed by atoms with Crippen LogP contribution < -0.4 is 15.4 Å². The summed E-state index contributed by atoms with van der Waals surface area (Å²) in [6.07, 6.45) is 6.35. The lowest BCUT2D eigenvalue weighted by atomic mass is 10.2. The van der Waals surface area contributed by atoms with Gasteiger partial charge in [0.25, 0.3) is 0 Å². The molecule has 0 saturated heterocycles. The molecule has 3 rings (SSSR count). The van der Waals surface area contributed by atoms with Crippen molar-refractivity contribution >= 4 is 23.7 Å². The van der Waals surface area contributed by atoms with Crippen molar-refractivity contribution in [1.29, 1.82) is 5.41 Å². The first kappa shape index (κ1) is 16.4. The van der Waals surface area contributed by atoms with E-state index in [0.29, 0.717) is 23.9 Å². The SMILES string of the molecule is COc1cccc(CNc2nc(Nc3cnn(C)c3)ncc2C=N)c1. The van der Waals surface area contributed by atoms with E-state index in [1.807, 2.05) is 37.5 Å². The number of hydrogen-bond acceptors (Lipinski definition) is 7. The molecule has 0 saturated carbocycles. The molecule has 0 atom stereocenters. The Hall–Kier alpha value is -3.42. The Morgan fingerprint density at radius 2 is 2.20 bits per heavy atom. The lowest BCUT2D eigenvalue weighted by Gasteiger charge is -2.11. The summed E-state index contributed by atoms with van der Waals surface area (Å²) in [4.78, 5) is 8.68. The van der Waals surface area contributed by atoms with E-state index < -0.39 is 0 Å². The van der Waals surface area contributed by atoms with Crippen LogP contribution in [0.5, 0.6) is 5.75 Å². The minimum absolute atomic E-state index is 0.437. The van der Waals surface area contributed by atoms with E-state index >= 15 is 0 Å². The molecule has 0 bridgehead atoms. The van der Waals surface area contributed by atoms with Gasteiger partial charge in [0, 0.05) is 32.2 Å². The van der Waals surface area contributed by atoms with Crippen LogP contribution in [0, 0.1) is 5.41 Å². The van der Waals surface area contributed by atoms with Crippen molar-refractivity contribution in [2.24, 2.45) is 7.05 Å². The number of nitrogens with one attached hydrogen (secondary N) is 3. The standard InChI is InChI=1S/C17H19N7O/c1-24-11-14(10-21-24)22-17-20-9-13(7-18)16(23-17)19-8-12-4-3-5-15(6-12)25-2/h3-7,9-11,18H,8H2,1-2H3,(H2,19,20,22,23). The lowest BCUT2D eigenvalue weighted by Crippen LogP contribution is -2.07. The van der Waals surface area contributed by atoms with Crippen molar-refractivity contribution in [3.05, 3.63) is 54.0 Å². The summed E-state index contributed by atoms with van der Waals surface area (Å²) < 4.78 is 6.92. The molecule has 0 unspecified atom stereocenters. The van der Waals surface area contributed by atoms with E-state index in [1.165, 1.54) is 6.21 Å². The number of nitrogens with zero attached hydrogens (tertiary/aromatic N) is 4. The molecule has 8 nitrogen and oxygen atoms in total. The largest absolute Gasteiger partial charge is 0.497 e. The summed E-state index contributed by atoms with van der Waals surface area (Å²) in [5.74, 6) is 1.82. The second-order valence-electron chi connectivity index (χ2n) is 5.37. The monoisotopic (exact) mass is 337 g/mol. The second-order valence-corrected chi connectivity index (χ2v) is 5.37. The molecule has 8 heteroatoms. The van der Waals surface area contributed by atoms with Gasteiger partial charge in [-0.3, -0.25) is 4.68 Å². The number of ether oxygens (including phenoxy) is 1. The molecule has 25 heavy (non-hydrogen) atoms. The molecule has 1 aromatic carbocycles. The highest BCUT2D eigenvalue weighted by atomic mass is 16.5. The van der Waals surface area contributed by atoms with Gasteiger partial charge in [0.1, 0.15) is 11.6 Å². The van der Waals surface area contributed by atoms with Gasteiger partial charge in [0.05, 0.1) is 24.6 Å². The summed E-state index contributed by atoms with van der Waals surface area (Å²) in [7, 11) is 3.48. The van der Waals surface area contributed by atoms with Crippen LogP contribution in [-0.2, 0) is 13.6 Å². The average Bonchev–Trinajstić information content (AvgIpc) is 3.05. The predicted molar refractivity (Wildman–Crippen MR) is 96.7 cm³/mol. The maximum absolute atomic E-state index is 7.53. The van der Waals surface area contributed by atoms with Crippen LogP contribution in [0.3, 0.4) is 0 Å². The van der Waals surface area contributed by atoms with Crippen LogP contribution >= 0.6 is 0 Å². The van der Waals surface area contributed by atoms with E-state index in [4.69, 9.17) is 10.1 Å². The lowest BCUT2D eigenvalue weighted by molar-refractivity contribution is 0.414. The molecule has 2 heterocycles. The third-order valence-electron chi connectivity index (χ3n) is 3.53. The molecule has 3 N–H and O–H groups in total. The molecular formula is C17H19N7O. The first-order chi connectivity index (χ1) is 12.2. The summed E-state index contributed by atoms with van der Waals surface area (Å²) in [5.41, 5.74) is 2.46. The van der Waals surface area contributed by atoms with E-state index in [0.717, 1.165) is 17.0 Å². The highest BCUT2D eigenvalue weighted by molar-refractivity contribution is 5.84. The number of methoxy groups -OCH3 is 1. The zero-order chi connectivity index (χ0) is 17.6. The number of benzene rings is 1. The maximum atomic E-state index is 7.53. The molecule has 0 spiro atoms. The molecule has 3 aromatic rings. The molecule has 0 aliphatic heterocycles. The molecule has 0 aliphatic carbocycles. The predicted octanol–water partition coefficient (Wildman–Crippen LogP) is 2.57. The van der Waals surface area contributed by atoms with Crippen molar-refractivity contribution < 1.29 is 4.74 Å². The van der Waals surface area contributed by atoms with Crippen LogP contribution in [-0.4, -0.2) is 33.1 Å². The van der Waals surface area contributed by atoms with Crippen molar-refractivity contribution in [2.75, 3.05) is 17.7 Å². The fourth-order valence-corrected chi connectivity index (χ4v) is 2.28. The number of aryl methyl sites for hydroxylation is 1. The number of rotatable bonds is 7. The average molecular weight is 337 g/mol. The molecular weight excluding hydrogens is 318 g/mol. The van der Waals surface area contributed by atoms with E-state index in [1.54, 1.807) is 24.2 Å². The quantitative estimate of drug-likeness (QED) is 0.573. The fraction of sp³-hybridized carbons (Fsp3) is 0.176. The van der Waals surface area contributed by atoms with Crippen LogP contribution in [0.1, 0.15) is 11.1 Å². The minimum Gasteiger partial charge on any atom is -0.497 e. The number of anilines is 3. The molecule has 0 radical (unpaired) electrons. The molecule has 0 fully saturated rings. The summed E-state index contributed by atoms with van der Waals surface area (Å²) in [6.45, 7) is 0.557. The summed E-state index contributed by atoms with van der Waals surface area (Å²) >= 11 is 0. The van der Waals surface area contributed by atoms with Crippen molar-refractivity contribution in [3.8, 4) is 5.75 Å². The van der Waals surface area contributed by atoms with E-state index in [9.17, 15) is 0 Å². The number of hydrogen-bond donors (Lipinski definition) is 3. The first-order valence-corrected chi connectivity index (χ1v) is 7.68. The zero-order valence-corrected chi connectivity index (χ0v) is 14.0. The van der Waals surface area contributed by atoms with Gasteiger partial charge < -0.3 is 20.8 Å². The summed E-state index contributed by atoms with van der Waals surface area (Å²) in [5, 5.41) is 18.0. The molecule has 128 valence electrons. The Bertz CT molecular complexity index is 875. The summed E-state index contributed by atoms with van der Waals surface area (Å²) in [6, 6.07) is 7.78. The van der Waals surface area contributed by atoms with E-state index in [-0.39, 0.29) is 0 Å². The molecule has 0 amide bonds. The Labute approximate surface area is 145 Å². The van der Waals surface area contributed by atoms with Crippen LogP contribution in [0.2, 0.25) is 0 Å². The van der Waals surface area contributed by atoms with Crippen molar-refractivity contribution in [2.45, 2.75) is 6.54 Å². The van der Waals surface area contributed by atoms with Crippen LogP contribution in [0.15, 0.2) is 42.9 Å². The third-order valence-corrected chi connectivity index (χ3v) is 3.53. The van der Waals surface area contributed by atoms with Gasteiger partial charge in [-0.25, -0.2) is 4.98 Å². The Morgan fingerprint density at radius 3 is 2.92 bits per heavy atom. The topological polar surface area (TPSA) is 101 Å². The highest BCUT2D eigenvalue weighted by Crippen LogP contribution is 2.18. The first-order valence-electron chi connectivity index (χ1n) is 7.68. The van der Waals surface area contributed by atoms with Crippen molar-refractivity contribution in [1.82, 2.24) is 19.7 Å². The van der Waals surface area contributed by atoms with Gasteiger partial charge in [-0.05, 0) is 17.7 Å². The molecule has 2 aromatic heterocycles. The van der Waals surface area contributed by atoms with Gasteiger partial charge in [-0.2, -0.15) is 10.1 Å².